The van der Waals surface area contributed by atoms with Gasteiger partial charge in [-0.1, -0.05) is 24.6 Å². The smallest absolute Gasteiger partial charge is 0.337 e. The second kappa shape index (κ2) is 7.81. The van der Waals surface area contributed by atoms with Crippen LogP contribution in [-0.2, 0) is 16.0 Å². The maximum Gasteiger partial charge on any atom is 0.337 e. The summed E-state index contributed by atoms with van der Waals surface area (Å²) < 4.78 is 5.25. The lowest BCUT2D eigenvalue weighted by molar-refractivity contribution is -0.139. The van der Waals surface area contributed by atoms with E-state index in [0.717, 1.165) is 19.4 Å². The third-order valence-electron chi connectivity index (χ3n) is 4.95. The Balaban J connectivity index is 1.95. The van der Waals surface area contributed by atoms with Crippen molar-refractivity contribution < 1.29 is 14.3 Å². The number of nitrogens with zero attached hydrogens (tertiary/aromatic N) is 1. The van der Waals surface area contributed by atoms with E-state index in [2.05, 4.69) is 40.7 Å². The van der Waals surface area contributed by atoms with Crippen molar-refractivity contribution in [1.82, 2.24) is 10.6 Å². The molecule has 1 aromatic carbocycles. The summed E-state index contributed by atoms with van der Waals surface area (Å²) in [5, 5.41) is 5.67. The van der Waals surface area contributed by atoms with Gasteiger partial charge < -0.3 is 20.3 Å². The van der Waals surface area contributed by atoms with Gasteiger partial charge in [-0.05, 0) is 44.7 Å². The number of fused-ring (bicyclic) bond motifs is 1. The molecule has 0 aromatic heterocycles. The summed E-state index contributed by atoms with van der Waals surface area (Å²) in [4.78, 5) is 26.8. The number of benzene rings is 1. The topological polar surface area (TPSA) is 70.7 Å². The zero-order valence-electron chi connectivity index (χ0n) is 15.7. The quantitative estimate of drug-likeness (QED) is 0.795. The molecule has 0 aliphatic carbocycles. The largest absolute Gasteiger partial charge is 0.463 e. The van der Waals surface area contributed by atoms with Crippen LogP contribution in [0, 0.1) is 6.92 Å². The molecule has 0 spiro atoms. The van der Waals surface area contributed by atoms with Crippen LogP contribution in [0.25, 0.3) is 0 Å². The number of carbonyl (C=O) groups is 2. The van der Waals surface area contributed by atoms with E-state index < -0.39 is 0 Å². The Morgan fingerprint density at radius 1 is 1.35 bits per heavy atom. The molecule has 1 aromatic rings. The molecule has 0 saturated carbocycles. The first-order valence-corrected chi connectivity index (χ1v) is 9.35. The minimum absolute atomic E-state index is 0.263. The summed E-state index contributed by atoms with van der Waals surface area (Å²) in [6.07, 6.45) is 2.76. The van der Waals surface area contributed by atoms with Gasteiger partial charge in [-0.25, -0.2) is 9.59 Å². The molecule has 26 heavy (non-hydrogen) atoms. The Kier molecular flexibility index (Phi) is 5.49. The molecule has 2 N–H and O–H groups in total. The molecular weight excluding hydrogens is 330 g/mol. The van der Waals surface area contributed by atoms with Crippen molar-refractivity contribution in [2.24, 2.45) is 0 Å². The second-order valence-corrected chi connectivity index (χ2v) is 6.83. The number of urea groups is 1. The number of ether oxygens (including phenoxy) is 1. The predicted molar refractivity (Wildman–Crippen MR) is 101 cm³/mol. The molecule has 0 radical (unpaired) electrons. The van der Waals surface area contributed by atoms with Crippen LogP contribution in [-0.4, -0.2) is 37.7 Å². The zero-order chi connectivity index (χ0) is 18.7. The van der Waals surface area contributed by atoms with Crippen molar-refractivity contribution in [1.29, 1.82) is 0 Å². The molecule has 1 atom stereocenters. The molecule has 0 bridgehead atoms. The highest BCUT2D eigenvalue weighted by molar-refractivity contribution is 5.95. The van der Waals surface area contributed by atoms with Crippen molar-refractivity contribution in [3.8, 4) is 0 Å². The van der Waals surface area contributed by atoms with E-state index >= 15 is 0 Å². The minimum Gasteiger partial charge on any atom is -0.463 e. The van der Waals surface area contributed by atoms with Crippen molar-refractivity contribution in [3.05, 3.63) is 40.6 Å². The molecule has 3 rings (SSSR count). The van der Waals surface area contributed by atoms with Crippen LogP contribution in [0.15, 0.2) is 29.5 Å². The van der Waals surface area contributed by atoms with Gasteiger partial charge in [-0.15, -0.1) is 0 Å². The van der Waals surface area contributed by atoms with Gasteiger partial charge in [-0.2, -0.15) is 0 Å². The molecular formula is C20H27N3O3. The molecule has 0 unspecified atom stereocenters. The Labute approximate surface area is 154 Å². The van der Waals surface area contributed by atoms with Crippen molar-refractivity contribution in [2.75, 3.05) is 24.6 Å². The molecule has 2 aliphatic rings. The van der Waals surface area contributed by atoms with Crippen LogP contribution < -0.4 is 15.5 Å². The lowest BCUT2D eigenvalue weighted by Crippen LogP contribution is -2.52. The van der Waals surface area contributed by atoms with Crippen LogP contribution in [0.2, 0.25) is 0 Å². The van der Waals surface area contributed by atoms with Gasteiger partial charge in [0.25, 0.3) is 0 Å². The molecule has 2 heterocycles. The maximum absolute atomic E-state index is 12.5. The van der Waals surface area contributed by atoms with Gasteiger partial charge in [0.2, 0.25) is 0 Å². The third-order valence-corrected chi connectivity index (χ3v) is 4.95. The monoisotopic (exact) mass is 357 g/mol. The highest BCUT2D eigenvalue weighted by Gasteiger charge is 2.32. The fourth-order valence-corrected chi connectivity index (χ4v) is 3.75. The van der Waals surface area contributed by atoms with Gasteiger partial charge in [0.05, 0.1) is 30.5 Å². The molecule has 2 amide bonds. The fourth-order valence-electron chi connectivity index (χ4n) is 3.75. The highest BCUT2D eigenvalue weighted by atomic mass is 16.5. The van der Waals surface area contributed by atoms with E-state index in [-0.39, 0.29) is 18.0 Å². The number of aryl methyl sites for hydroxylation is 2. The average molecular weight is 357 g/mol. The van der Waals surface area contributed by atoms with E-state index in [4.69, 9.17) is 4.74 Å². The van der Waals surface area contributed by atoms with E-state index in [1.54, 1.807) is 6.92 Å². The number of esters is 1. The van der Waals surface area contributed by atoms with E-state index in [0.29, 0.717) is 30.8 Å². The minimum atomic E-state index is -0.358. The zero-order valence-corrected chi connectivity index (χ0v) is 15.7. The summed E-state index contributed by atoms with van der Waals surface area (Å²) in [6, 6.07) is 5.88. The van der Waals surface area contributed by atoms with Gasteiger partial charge in [0.15, 0.2) is 0 Å². The first-order chi connectivity index (χ1) is 12.5. The molecule has 2 aliphatic heterocycles. The predicted octanol–water partition coefficient (Wildman–Crippen LogP) is 2.66. The van der Waals surface area contributed by atoms with Crippen LogP contribution >= 0.6 is 0 Å². The number of rotatable bonds is 5. The lowest BCUT2D eigenvalue weighted by Gasteiger charge is -2.35. The van der Waals surface area contributed by atoms with Crippen molar-refractivity contribution in [2.45, 2.75) is 46.1 Å². The normalized spacial score (nSPS) is 19.6. The second-order valence-electron chi connectivity index (χ2n) is 6.83. The first-order valence-electron chi connectivity index (χ1n) is 9.35. The molecule has 0 fully saturated rings. The van der Waals surface area contributed by atoms with Crippen LogP contribution in [0.4, 0.5) is 10.5 Å². The number of hydrogen-bond acceptors (Lipinski definition) is 4. The molecule has 0 saturated heterocycles. The number of amides is 2. The third kappa shape index (κ3) is 3.69. The summed E-state index contributed by atoms with van der Waals surface area (Å²) in [6.45, 7) is 7.54. The Hall–Kier alpha value is -2.50. The van der Waals surface area contributed by atoms with Gasteiger partial charge >= 0.3 is 12.0 Å². The Morgan fingerprint density at radius 3 is 2.88 bits per heavy atom. The van der Waals surface area contributed by atoms with Crippen molar-refractivity contribution >= 4 is 17.7 Å². The summed E-state index contributed by atoms with van der Waals surface area (Å²) in [7, 11) is 0. The SMILES string of the molecule is CCOC(=O)C1=C(CN2CCCc3cc(C)ccc32)NC(=O)N[C@@H]1CC. The average Bonchev–Trinajstić information content (AvgIpc) is 2.61. The molecule has 6 heteroatoms. The number of hydrogen-bond donors (Lipinski definition) is 2. The standard InChI is InChI=1S/C20H27N3O3/c1-4-15-18(19(24)26-5-2)16(22-20(25)21-15)12-23-10-6-7-14-11-13(3)8-9-17(14)23/h8-9,11,15H,4-7,10,12H2,1-3H3,(H2,21,22,25)/t15-/m1/s1. The summed E-state index contributed by atoms with van der Waals surface area (Å²) in [5.74, 6) is -0.358. The van der Waals surface area contributed by atoms with Crippen LogP contribution in [0.5, 0.6) is 0 Å². The summed E-state index contributed by atoms with van der Waals surface area (Å²) in [5.41, 5.74) is 4.93. The van der Waals surface area contributed by atoms with E-state index in [1.165, 1.54) is 16.8 Å². The number of carbonyl (C=O) groups excluding carboxylic acids is 2. The van der Waals surface area contributed by atoms with Crippen LogP contribution in [0.3, 0.4) is 0 Å². The maximum atomic E-state index is 12.5. The Bertz CT molecular complexity index is 742. The molecule has 140 valence electrons. The van der Waals surface area contributed by atoms with E-state index in [1.807, 2.05) is 6.92 Å². The lowest BCUT2D eigenvalue weighted by atomic mass is 9.97. The van der Waals surface area contributed by atoms with Gasteiger partial charge in [-0.3, -0.25) is 0 Å². The Morgan fingerprint density at radius 2 is 2.15 bits per heavy atom. The van der Waals surface area contributed by atoms with Gasteiger partial charge in [0.1, 0.15) is 0 Å². The van der Waals surface area contributed by atoms with Crippen molar-refractivity contribution in [3.63, 3.8) is 0 Å². The van der Waals surface area contributed by atoms with Crippen LogP contribution in [0.1, 0.15) is 37.8 Å². The fraction of sp³-hybridized carbons (Fsp3) is 0.500. The summed E-state index contributed by atoms with van der Waals surface area (Å²) >= 11 is 0. The first kappa shape index (κ1) is 18.3. The number of anilines is 1. The highest BCUT2D eigenvalue weighted by Crippen LogP contribution is 2.29. The van der Waals surface area contributed by atoms with Gasteiger partial charge in [0, 0.05) is 12.2 Å². The van der Waals surface area contributed by atoms with E-state index in [9.17, 15) is 9.59 Å². The molecule has 6 nitrogen and oxygen atoms in total. The number of nitrogens with one attached hydrogen (secondary N) is 2.